The number of imidazole rings is 1. The number of hydrogen-bond acceptors (Lipinski definition) is 9. The fourth-order valence-corrected chi connectivity index (χ4v) is 8.04. The van der Waals surface area contributed by atoms with Crippen LogP contribution in [0.25, 0.3) is 33.6 Å². The van der Waals surface area contributed by atoms with Gasteiger partial charge in [0.15, 0.2) is 11.5 Å². The van der Waals surface area contributed by atoms with E-state index in [2.05, 4.69) is 42.2 Å². The Morgan fingerprint density at radius 1 is 1.04 bits per heavy atom. The maximum absolute atomic E-state index is 13.9. The quantitative estimate of drug-likeness (QED) is 0.271. The average molecular weight is 629 g/mol. The molecule has 1 amide bonds. The Morgan fingerprint density at radius 2 is 1.89 bits per heavy atom. The van der Waals surface area contributed by atoms with Crippen LogP contribution in [-0.2, 0) is 13.1 Å². The Morgan fingerprint density at radius 3 is 2.64 bits per heavy atom. The highest BCUT2D eigenvalue weighted by Crippen LogP contribution is 2.41. The number of pyridine rings is 1. The molecule has 47 heavy (non-hydrogen) atoms. The van der Waals surface area contributed by atoms with Crippen LogP contribution in [-0.4, -0.2) is 78.7 Å². The van der Waals surface area contributed by atoms with Crippen molar-refractivity contribution in [2.75, 3.05) is 31.6 Å². The Bertz CT molecular complexity index is 2090. The molecule has 0 spiro atoms. The molecule has 12 nitrogen and oxygen atoms in total. The van der Waals surface area contributed by atoms with Gasteiger partial charge in [0.2, 0.25) is 0 Å². The van der Waals surface area contributed by atoms with E-state index >= 15 is 0 Å². The number of methoxy groups -OCH3 is 1. The molecular formula is C35H36N10O2. The first-order valence-electron chi connectivity index (χ1n) is 16.6. The zero-order valence-corrected chi connectivity index (χ0v) is 26.3. The molecule has 1 aromatic carbocycles. The Labute approximate surface area is 271 Å². The van der Waals surface area contributed by atoms with Crippen molar-refractivity contribution in [3.8, 4) is 23.3 Å². The molecule has 3 atom stereocenters. The molecule has 12 heteroatoms. The predicted molar refractivity (Wildman–Crippen MR) is 176 cm³/mol. The summed E-state index contributed by atoms with van der Waals surface area (Å²) >= 11 is 0. The zero-order chi connectivity index (χ0) is 31.8. The van der Waals surface area contributed by atoms with E-state index in [0.29, 0.717) is 53.7 Å². The molecule has 2 saturated carbocycles. The van der Waals surface area contributed by atoms with Crippen LogP contribution in [0.4, 0.5) is 5.82 Å². The summed E-state index contributed by atoms with van der Waals surface area (Å²) in [5.74, 6) is 3.48. The molecule has 2 N–H and O–H groups in total. The number of carbonyl (C=O) groups excluding carboxylic acids is 1. The summed E-state index contributed by atoms with van der Waals surface area (Å²) in [6.45, 7) is 3.83. The molecule has 4 fully saturated rings. The van der Waals surface area contributed by atoms with Crippen molar-refractivity contribution >= 4 is 33.8 Å². The average Bonchev–Trinajstić information content (AvgIpc) is 3.44. The van der Waals surface area contributed by atoms with E-state index in [1.54, 1.807) is 13.3 Å². The lowest BCUT2D eigenvalue weighted by atomic mass is 10.00. The van der Waals surface area contributed by atoms with Gasteiger partial charge in [0.1, 0.15) is 28.8 Å². The van der Waals surface area contributed by atoms with Gasteiger partial charge in [-0.3, -0.25) is 9.78 Å². The molecule has 2 bridgehead atoms. The number of fused-ring (bicyclic) bond motifs is 4. The molecule has 2 aliphatic heterocycles. The molecule has 2 saturated heterocycles. The first kappa shape index (κ1) is 28.2. The second-order valence-corrected chi connectivity index (χ2v) is 13.7. The number of nitriles is 1. The molecule has 5 aromatic rings. The van der Waals surface area contributed by atoms with Crippen molar-refractivity contribution in [1.82, 2.24) is 34.0 Å². The van der Waals surface area contributed by atoms with Crippen LogP contribution in [0, 0.1) is 29.1 Å². The van der Waals surface area contributed by atoms with Crippen LogP contribution < -0.4 is 15.4 Å². The summed E-state index contributed by atoms with van der Waals surface area (Å²) in [6, 6.07) is 12.3. The monoisotopic (exact) mass is 628 g/mol. The van der Waals surface area contributed by atoms with E-state index < -0.39 is 0 Å². The van der Waals surface area contributed by atoms with Gasteiger partial charge in [-0.15, -0.1) is 0 Å². The van der Waals surface area contributed by atoms with Gasteiger partial charge >= 0.3 is 0 Å². The normalized spacial score (nSPS) is 22.3. The molecule has 2 unspecified atom stereocenters. The lowest BCUT2D eigenvalue weighted by molar-refractivity contribution is 0.0700. The van der Waals surface area contributed by atoms with E-state index in [1.807, 2.05) is 29.3 Å². The van der Waals surface area contributed by atoms with Crippen LogP contribution in [0.1, 0.15) is 41.7 Å². The van der Waals surface area contributed by atoms with Gasteiger partial charge in [-0.05, 0) is 67.9 Å². The number of piperidine rings is 1. The number of ether oxygens (including phenoxy) is 1. The molecule has 0 radical (unpaired) electrons. The first-order valence-corrected chi connectivity index (χ1v) is 16.6. The van der Waals surface area contributed by atoms with E-state index in [-0.39, 0.29) is 18.0 Å². The summed E-state index contributed by atoms with van der Waals surface area (Å²) in [6.07, 6.45) is 9.52. The molecule has 6 heterocycles. The lowest BCUT2D eigenvalue weighted by Crippen LogP contribution is -2.49. The van der Waals surface area contributed by atoms with Gasteiger partial charge < -0.3 is 29.4 Å². The van der Waals surface area contributed by atoms with Crippen LogP contribution in [0.15, 0.2) is 48.9 Å². The minimum atomic E-state index is -0.00802. The Balaban J connectivity index is 1.14. The van der Waals surface area contributed by atoms with Crippen molar-refractivity contribution in [3.63, 3.8) is 0 Å². The number of aromatic nitrogens is 6. The number of benzene rings is 1. The smallest absolute Gasteiger partial charge is 0.254 e. The number of nitrogens with two attached hydrogens (primary N) is 1. The summed E-state index contributed by atoms with van der Waals surface area (Å²) < 4.78 is 10.6. The van der Waals surface area contributed by atoms with Gasteiger partial charge in [-0.1, -0.05) is 0 Å². The highest BCUT2D eigenvalue weighted by Gasteiger charge is 2.47. The lowest BCUT2D eigenvalue weighted by Gasteiger charge is -2.40. The van der Waals surface area contributed by atoms with E-state index in [9.17, 15) is 10.1 Å². The van der Waals surface area contributed by atoms with Crippen molar-refractivity contribution in [3.05, 3.63) is 60.2 Å². The number of likely N-dealkylation sites (tertiary alicyclic amines) is 1. The second-order valence-electron chi connectivity index (χ2n) is 13.7. The number of amides is 1. The van der Waals surface area contributed by atoms with Crippen LogP contribution >= 0.6 is 0 Å². The Hall–Kier alpha value is -5.02. The number of anilines is 1. The maximum atomic E-state index is 13.9. The van der Waals surface area contributed by atoms with E-state index in [4.69, 9.17) is 20.4 Å². The topological polar surface area (TPSA) is 144 Å². The molecule has 4 aliphatic rings. The predicted octanol–water partition coefficient (Wildman–Crippen LogP) is 3.83. The van der Waals surface area contributed by atoms with E-state index in [0.717, 1.165) is 66.1 Å². The van der Waals surface area contributed by atoms with Crippen molar-refractivity contribution in [1.29, 1.82) is 5.26 Å². The molecule has 2 aliphatic carbocycles. The fraction of sp³-hybridized carbons (Fsp3) is 0.429. The second kappa shape index (κ2) is 10.8. The maximum Gasteiger partial charge on any atom is 0.254 e. The van der Waals surface area contributed by atoms with Gasteiger partial charge in [-0.2, -0.15) is 5.26 Å². The molecule has 4 aromatic heterocycles. The fourth-order valence-electron chi connectivity index (χ4n) is 8.04. The van der Waals surface area contributed by atoms with Crippen LogP contribution in [0.3, 0.4) is 0 Å². The van der Waals surface area contributed by atoms with Crippen molar-refractivity contribution < 1.29 is 9.53 Å². The van der Waals surface area contributed by atoms with Gasteiger partial charge in [0, 0.05) is 67.9 Å². The molecule has 238 valence electrons. The third-order valence-corrected chi connectivity index (χ3v) is 10.7. The molecular weight excluding hydrogens is 592 g/mol. The largest absolute Gasteiger partial charge is 0.494 e. The Kier molecular flexibility index (Phi) is 6.47. The number of nitrogens with zero attached hydrogens (tertiary/aromatic N) is 9. The standard InChI is InChI=1S/C35H36N10O2/c1-47-29-11-24(35(46)44-19-23-6-7-27(44)31(23)37)9-26-32(29)45(18-21-15-42(16-21)30-14-38-13-25(12-36)40-30)34(41-26)28-10-22-3-2-8-39-33(22)43(28)17-20-4-5-20/h2-3,8-11,13-14,20-21,23,27,31H,4-7,15-19,37H2,1H3/t23?,27?,31-/m1/s1. The first-order chi connectivity index (χ1) is 23.0. The number of hydrogen-bond donors (Lipinski definition) is 1. The number of carbonyl (C=O) groups is 1. The van der Waals surface area contributed by atoms with Gasteiger partial charge in [0.05, 0.1) is 30.7 Å². The third-order valence-electron chi connectivity index (χ3n) is 10.7. The highest BCUT2D eigenvalue weighted by atomic mass is 16.5. The van der Waals surface area contributed by atoms with Gasteiger partial charge in [0.25, 0.3) is 5.91 Å². The zero-order valence-electron chi connectivity index (χ0n) is 26.3. The van der Waals surface area contributed by atoms with Crippen molar-refractivity contribution in [2.45, 2.75) is 50.9 Å². The van der Waals surface area contributed by atoms with E-state index in [1.165, 1.54) is 19.0 Å². The van der Waals surface area contributed by atoms with Crippen molar-refractivity contribution in [2.24, 2.45) is 23.5 Å². The summed E-state index contributed by atoms with van der Waals surface area (Å²) in [7, 11) is 1.66. The number of rotatable bonds is 8. The minimum absolute atomic E-state index is 0.00802. The van der Waals surface area contributed by atoms with Crippen LogP contribution in [0.2, 0.25) is 0 Å². The van der Waals surface area contributed by atoms with Crippen LogP contribution in [0.5, 0.6) is 5.75 Å². The SMILES string of the molecule is COc1cc(C(=O)N2CC3CCC2[C@@H]3N)cc2nc(-c3cc4cccnc4n3CC3CC3)n(CC3CN(c4cncc(C#N)n4)C3)c12. The minimum Gasteiger partial charge on any atom is -0.494 e. The summed E-state index contributed by atoms with van der Waals surface area (Å²) in [4.78, 5) is 36.7. The highest BCUT2D eigenvalue weighted by molar-refractivity contribution is 6.00. The molecule has 9 rings (SSSR count). The summed E-state index contributed by atoms with van der Waals surface area (Å²) in [5.41, 5.74) is 10.9. The third kappa shape index (κ3) is 4.63. The van der Waals surface area contributed by atoms with Gasteiger partial charge in [-0.25, -0.2) is 15.0 Å². The summed E-state index contributed by atoms with van der Waals surface area (Å²) in [5, 5.41) is 10.4.